The molecule has 1 amide bonds. The molecule has 0 spiro atoms. The van der Waals surface area contributed by atoms with Gasteiger partial charge in [-0.25, -0.2) is 4.79 Å². The molecule has 0 aromatic heterocycles. The van der Waals surface area contributed by atoms with Crippen LogP contribution >= 0.6 is 0 Å². The summed E-state index contributed by atoms with van der Waals surface area (Å²) in [6, 6.07) is 6.93. The van der Waals surface area contributed by atoms with Crippen molar-refractivity contribution in [2.24, 2.45) is 0 Å². The van der Waals surface area contributed by atoms with E-state index in [0.29, 0.717) is 6.54 Å². The van der Waals surface area contributed by atoms with E-state index in [1.54, 1.807) is 12.1 Å². The van der Waals surface area contributed by atoms with Gasteiger partial charge in [0.05, 0.1) is 5.56 Å². The van der Waals surface area contributed by atoms with Crippen molar-refractivity contribution in [3.05, 3.63) is 35.4 Å². The largest absolute Gasteiger partial charge is 0.478 e. The molecule has 1 N–H and O–H groups in total. The molecule has 1 aliphatic heterocycles. The normalized spacial score (nSPS) is 18.9. The second kappa shape index (κ2) is 6.52. The number of rotatable bonds is 4. The summed E-state index contributed by atoms with van der Waals surface area (Å²) in [6.07, 6.45) is 1.98. The number of carboxylic acids is 1. The minimum atomic E-state index is -0.919. The number of nitrogens with zero attached hydrogens (tertiary/aromatic N) is 1. The van der Waals surface area contributed by atoms with Gasteiger partial charge in [0, 0.05) is 26.1 Å². The molecule has 5 nitrogen and oxygen atoms in total. The standard InChI is InChI=1S/C15H19NO4/c1-20-10-14(17)16-8-2-3-13(9-16)11-4-6-12(7-5-11)15(18)19/h4-7,13H,2-3,8-10H2,1H3,(H,18,19)/t13-/m0/s1. The summed E-state index contributed by atoms with van der Waals surface area (Å²) < 4.78 is 4.88. The number of carbonyl (C=O) groups excluding carboxylic acids is 1. The number of hydrogen-bond donors (Lipinski definition) is 1. The van der Waals surface area contributed by atoms with E-state index in [4.69, 9.17) is 9.84 Å². The Morgan fingerprint density at radius 3 is 2.65 bits per heavy atom. The lowest BCUT2D eigenvalue weighted by atomic mass is 9.90. The fourth-order valence-electron chi connectivity index (χ4n) is 2.59. The smallest absolute Gasteiger partial charge is 0.335 e. The van der Waals surface area contributed by atoms with E-state index in [1.165, 1.54) is 7.11 Å². The third-order valence-corrected chi connectivity index (χ3v) is 3.67. The summed E-state index contributed by atoms with van der Waals surface area (Å²) in [4.78, 5) is 24.5. The van der Waals surface area contributed by atoms with Crippen molar-refractivity contribution < 1.29 is 19.4 Å². The number of piperidine rings is 1. The second-order valence-electron chi connectivity index (χ2n) is 5.04. The summed E-state index contributed by atoms with van der Waals surface area (Å²) in [5, 5.41) is 8.89. The first-order valence-electron chi connectivity index (χ1n) is 6.71. The summed E-state index contributed by atoms with van der Waals surface area (Å²) in [5.41, 5.74) is 1.38. The van der Waals surface area contributed by atoms with Gasteiger partial charge in [-0.3, -0.25) is 4.79 Å². The molecule has 1 heterocycles. The Bertz CT molecular complexity index is 483. The van der Waals surface area contributed by atoms with Crippen LogP contribution in [0.5, 0.6) is 0 Å². The highest BCUT2D eigenvalue weighted by Crippen LogP contribution is 2.27. The molecule has 1 aromatic carbocycles. The second-order valence-corrected chi connectivity index (χ2v) is 5.04. The van der Waals surface area contributed by atoms with Crippen LogP contribution in [-0.4, -0.2) is 48.7 Å². The quantitative estimate of drug-likeness (QED) is 0.910. The molecule has 0 unspecified atom stereocenters. The number of benzene rings is 1. The zero-order valence-corrected chi connectivity index (χ0v) is 11.5. The van der Waals surface area contributed by atoms with Gasteiger partial charge in [-0.1, -0.05) is 12.1 Å². The fourth-order valence-corrected chi connectivity index (χ4v) is 2.59. The van der Waals surface area contributed by atoms with Gasteiger partial charge in [0.15, 0.2) is 0 Å². The Morgan fingerprint density at radius 2 is 2.05 bits per heavy atom. The Hall–Kier alpha value is -1.88. The van der Waals surface area contributed by atoms with Crippen LogP contribution < -0.4 is 0 Å². The molecule has 1 fully saturated rings. The topological polar surface area (TPSA) is 66.8 Å². The lowest BCUT2D eigenvalue weighted by Crippen LogP contribution is -2.40. The first-order chi connectivity index (χ1) is 9.61. The highest BCUT2D eigenvalue weighted by atomic mass is 16.5. The van der Waals surface area contributed by atoms with Crippen molar-refractivity contribution in [3.63, 3.8) is 0 Å². The van der Waals surface area contributed by atoms with Crippen molar-refractivity contribution in [2.45, 2.75) is 18.8 Å². The average Bonchev–Trinajstić information content (AvgIpc) is 2.48. The van der Waals surface area contributed by atoms with Crippen molar-refractivity contribution in [3.8, 4) is 0 Å². The highest BCUT2D eigenvalue weighted by Gasteiger charge is 2.24. The van der Waals surface area contributed by atoms with Gasteiger partial charge in [-0.05, 0) is 30.5 Å². The number of ether oxygens (including phenoxy) is 1. The van der Waals surface area contributed by atoms with E-state index in [-0.39, 0.29) is 24.0 Å². The number of methoxy groups -OCH3 is 1. The van der Waals surface area contributed by atoms with Crippen molar-refractivity contribution in [1.82, 2.24) is 4.90 Å². The van der Waals surface area contributed by atoms with Crippen LogP contribution in [0.4, 0.5) is 0 Å². The number of aromatic carboxylic acids is 1. The number of likely N-dealkylation sites (tertiary alicyclic amines) is 1. The molecule has 20 heavy (non-hydrogen) atoms. The number of carbonyl (C=O) groups is 2. The van der Waals surface area contributed by atoms with Crippen molar-refractivity contribution in [2.75, 3.05) is 26.8 Å². The van der Waals surface area contributed by atoms with Crippen LogP contribution in [0.25, 0.3) is 0 Å². The summed E-state index contributed by atoms with van der Waals surface area (Å²) >= 11 is 0. The van der Waals surface area contributed by atoms with Gasteiger partial charge in [0.1, 0.15) is 6.61 Å². The molecular weight excluding hydrogens is 258 g/mol. The first kappa shape index (κ1) is 14.5. The number of carboxylic acid groups (broad SMARTS) is 1. The third-order valence-electron chi connectivity index (χ3n) is 3.67. The van der Waals surface area contributed by atoms with E-state index in [0.717, 1.165) is 24.9 Å². The maximum absolute atomic E-state index is 11.8. The minimum absolute atomic E-state index is 0.0133. The van der Waals surface area contributed by atoms with Gasteiger partial charge in [-0.15, -0.1) is 0 Å². The molecule has 0 aliphatic carbocycles. The van der Waals surface area contributed by atoms with Crippen LogP contribution in [0.1, 0.15) is 34.7 Å². The Balaban J connectivity index is 2.04. The van der Waals surface area contributed by atoms with Crippen molar-refractivity contribution >= 4 is 11.9 Å². The summed E-state index contributed by atoms with van der Waals surface area (Å²) in [6.45, 7) is 1.56. The first-order valence-corrected chi connectivity index (χ1v) is 6.71. The molecule has 1 atom stereocenters. The van der Waals surface area contributed by atoms with Crippen LogP contribution in [0, 0.1) is 0 Å². The molecule has 1 saturated heterocycles. The van der Waals surface area contributed by atoms with E-state index in [1.807, 2.05) is 17.0 Å². The summed E-state index contributed by atoms with van der Waals surface area (Å²) in [7, 11) is 1.52. The molecule has 5 heteroatoms. The fraction of sp³-hybridized carbons (Fsp3) is 0.467. The van der Waals surface area contributed by atoms with E-state index in [2.05, 4.69) is 0 Å². The molecule has 1 aromatic rings. The van der Waals surface area contributed by atoms with Gasteiger partial charge in [0.2, 0.25) is 5.91 Å². The van der Waals surface area contributed by atoms with Crippen LogP contribution in [0.15, 0.2) is 24.3 Å². The molecule has 0 bridgehead atoms. The predicted octanol–water partition coefficient (Wildman–Crippen LogP) is 1.74. The maximum Gasteiger partial charge on any atom is 0.335 e. The molecule has 0 saturated carbocycles. The minimum Gasteiger partial charge on any atom is -0.478 e. The Morgan fingerprint density at radius 1 is 1.35 bits per heavy atom. The zero-order valence-electron chi connectivity index (χ0n) is 11.5. The average molecular weight is 277 g/mol. The zero-order chi connectivity index (χ0) is 14.5. The number of hydrogen-bond acceptors (Lipinski definition) is 3. The monoisotopic (exact) mass is 277 g/mol. The molecular formula is C15H19NO4. The molecule has 2 rings (SSSR count). The van der Waals surface area contributed by atoms with Gasteiger partial charge in [-0.2, -0.15) is 0 Å². The number of amides is 1. The van der Waals surface area contributed by atoms with Crippen molar-refractivity contribution in [1.29, 1.82) is 0 Å². The SMILES string of the molecule is COCC(=O)N1CCC[C@H](c2ccc(C(=O)O)cc2)C1. The highest BCUT2D eigenvalue weighted by molar-refractivity contribution is 5.87. The Kier molecular flexibility index (Phi) is 4.74. The molecule has 108 valence electrons. The van der Waals surface area contributed by atoms with E-state index in [9.17, 15) is 9.59 Å². The predicted molar refractivity (Wildman–Crippen MR) is 73.8 cm³/mol. The van der Waals surface area contributed by atoms with Crippen LogP contribution in [0.2, 0.25) is 0 Å². The van der Waals surface area contributed by atoms with E-state index >= 15 is 0 Å². The Labute approximate surface area is 118 Å². The maximum atomic E-state index is 11.8. The molecule has 1 aliphatic rings. The van der Waals surface area contributed by atoms with E-state index < -0.39 is 5.97 Å². The van der Waals surface area contributed by atoms with Gasteiger partial charge in [0.25, 0.3) is 0 Å². The van der Waals surface area contributed by atoms with Gasteiger partial charge >= 0.3 is 5.97 Å². The lowest BCUT2D eigenvalue weighted by molar-refractivity contribution is -0.136. The van der Waals surface area contributed by atoms with Gasteiger partial charge < -0.3 is 14.7 Å². The lowest BCUT2D eigenvalue weighted by Gasteiger charge is -2.33. The van der Waals surface area contributed by atoms with Crippen LogP contribution in [-0.2, 0) is 9.53 Å². The van der Waals surface area contributed by atoms with Crippen LogP contribution in [0.3, 0.4) is 0 Å². The summed E-state index contributed by atoms with van der Waals surface area (Å²) in [5.74, 6) is -0.635. The third kappa shape index (κ3) is 3.36. The molecule has 0 radical (unpaired) electrons.